The largest absolute Gasteiger partial charge is 0.541 e. The van der Waals surface area contributed by atoms with Gasteiger partial charge in [-0.05, 0) is 48.4 Å². The van der Waals surface area contributed by atoms with Crippen LogP contribution in [0.4, 0.5) is 0 Å². The van der Waals surface area contributed by atoms with Crippen LogP contribution in [0.3, 0.4) is 0 Å². The first-order valence-corrected chi connectivity index (χ1v) is 14.4. The van der Waals surface area contributed by atoms with Crippen molar-refractivity contribution in [3.8, 4) is 11.5 Å². The second kappa shape index (κ2) is 6.45. The van der Waals surface area contributed by atoms with Crippen LogP contribution in [0.15, 0.2) is 18.2 Å². The Morgan fingerprint density at radius 1 is 0.739 bits per heavy atom. The van der Waals surface area contributed by atoms with Crippen LogP contribution in [-0.4, -0.2) is 16.6 Å². The lowest BCUT2D eigenvalue weighted by molar-refractivity contribution is 0.440. The van der Waals surface area contributed by atoms with Crippen LogP contribution in [0.1, 0.15) is 41.5 Å². The fraction of sp³-hybridized carbons (Fsp3) is 0.667. The maximum absolute atomic E-state index is 6.49. The minimum absolute atomic E-state index is 0.129. The van der Waals surface area contributed by atoms with Gasteiger partial charge < -0.3 is 8.85 Å². The predicted octanol–water partition coefficient (Wildman–Crippen LogP) is 7.11. The number of rotatable bonds is 4. The molecule has 0 aliphatic rings. The lowest BCUT2D eigenvalue weighted by Crippen LogP contribution is -2.45. The highest BCUT2D eigenvalue weighted by Gasteiger charge is 2.42. The molecular weight excluding hydrogens is 340 g/mol. The Labute approximate surface area is 149 Å². The van der Waals surface area contributed by atoms with Gasteiger partial charge >= 0.3 is 0 Å². The highest BCUT2D eigenvalue weighted by atomic mass is 35.5. The van der Waals surface area contributed by atoms with E-state index in [-0.39, 0.29) is 10.1 Å². The first kappa shape index (κ1) is 20.6. The molecule has 132 valence electrons. The van der Waals surface area contributed by atoms with E-state index in [9.17, 15) is 0 Å². The summed E-state index contributed by atoms with van der Waals surface area (Å²) < 4.78 is 13.0. The van der Waals surface area contributed by atoms with Gasteiger partial charge in [-0.25, -0.2) is 0 Å². The summed E-state index contributed by atoms with van der Waals surface area (Å²) in [6.45, 7) is 22.4. The van der Waals surface area contributed by atoms with Crippen molar-refractivity contribution in [3.63, 3.8) is 0 Å². The number of halogens is 1. The van der Waals surface area contributed by atoms with Crippen LogP contribution in [0.2, 0.25) is 41.3 Å². The van der Waals surface area contributed by atoms with Gasteiger partial charge in [0.15, 0.2) is 0 Å². The monoisotopic (exact) mass is 372 g/mol. The van der Waals surface area contributed by atoms with E-state index in [1.54, 1.807) is 0 Å². The Balaban J connectivity index is 3.22. The highest BCUT2D eigenvalue weighted by molar-refractivity contribution is 6.75. The zero-order valence-electron chi connectivity index (χ0n) is 16.4. The van der Waals surface area contributed by atoms with Gasteiger partial charge in [0.2, 0.25) is 0 Å². The van der Waals surface area contributed by atoms with Crippen LogP contribution in [0.5, 0.6) is 11.5 Å². The third-order valence-electron chi connectivity index (χ3n) is 5.25. The van der Waals surface area contributed by atoms with Crippen LogP contribution in [0.25, 0.3) is 0 Å². The molecule has 0 radical (unpaired) electrons. The fourth-order valence-electron chi connectivity index (χ4n) is 1.50. The second-order valence-electron chi connectivity index (χ2n) is 9.32. The zero-order valence-corrected chi connectivity index (χ0v) is 19.2. The molecule has 0 aliphatic carbocycles. The molecule has 0 amide bonds. The van der Waals surface area contributed by atoms with Crippen molar-refractivity contribution < 1.29 is 8.85 Å². The summed E-state index contributed by atoms with van der Waals surface area (Å²) in [5, 5.41) is 0.950. The third kappa shape index (κ3) is 5.01. The molecule has 0 saturated heterocycles. The molecule has 0 saturated carbocycles. The summed E-state index contributed by atoms with van der Waals surface area (Å²) in [6.07, 6.45) is 0. The summed E-state index contributed by atoms with van der Waals surface area (Å²) >= 11 is 6.21. The summed E-state index contributed by atoms with van der Waals surface area (Å²) in [4.78, 5) is 0. The van der Waals surface area contributed by atoms with Crippen molar-refractivity contribution in [1.82, 2.24) is 0 Å². The molecule has 5 heteroatoms. The molecular formula is C18H33ClO2Si2. The molecule has 0 bridgehead atoms. The quantitative estimate of drug-likeness (QED) is 0.524. The Hall–Kier alpha value is -0.456. The maximum atomic E-state index is 6.49. The summed E-state index contributed by atoms with van der Waals surface area (Å²) in [5.74, 6) is 1.61. The maximum Gasteiger partial charge on any atom is 0.250 e. The predicted molar refractivity (Wildman–Crippen MR) is 107 cm³/mol. The summed E-state index contributed by atoms with van der Waals surface area (Å²) in [5.41, 5.74) is 0. The average Bonchev–Trinajstić information content (AvgIpc) is 2.29. The Kier molecular flexibility index (Phi) is 5.77. The molecule has 0 N–H and O–H groups in total. The van der Waals surface area contributed by atoms with Crippen LogP contribution < -0.4 is 8.85 Å². The van der Waals surface area contributed by atoms with Crippen LogP contribution >= 0.6 is 11.6 Å². The molecule has 1 aromatic rings. The summed E-state index contributed by atoms with van der Waals surface area (Å²) in [6, 6.07) is 5.72. The fourth-order valence-corrected chi connectivity index (χ4v) is 3.70. The van der Waals surface area contributed by atoms with Gasteiger partial charge in [-0.1, -0.05) is 53.1 Å². The molecule has 1 aromatic carbocycles. The highest BCUT2D eigenvalue weighted by Crippen LogP contribution is 2.44. The zero-order chi connectivity index (χ0) is 18.3. The van der Waals surface area contributed by atoms with Crippen molar-refractivity contribution in [2.45, 2.75) is 77.8 Å². The van der Waals surface area contributed by atoms with E-state index >= 15 is 0 Å². The van der Waals surface area contributed by atoms with Gasteiger partial charge in [0, 0.05) is 11.1 Å². The van der Waals surface area contributed by atoms with E-state index < -0.39 is 16.6 Å². The molecule has 0 heterocycles. The van der Waals surface area contributed by atoms with E-state index in [1.165, 1.54) is 0 Å². The molecule has 0 spiro atoms. The molecule has 0 fully saturated rings. The molecule has 0 aliphatic heterocycles. The van der Waals surface area contributed by atoms with Gasteiger partial charge in [0.05, 0.1) is 0 Å². The lowest BCUT2D eigenvalue weighted by atomic mass is 10.2. The normalized spacial score (nSPS) is 13.9. The smallest absolute Gasteiger partial charge is 0.250 e. The molecule has 2 nitrogen and oxygen atoms in total. The second-order valence-corrected chi connectivity index (χ2v) is 19.2. The van der Waals surface area contributed by atoms with E-state index in [1.807, 2.05) is 18.2 Å². The Morgan fingerprint density at radius 2 is 1.13 bits per heavy atom. The first-order chi connectivity index (χ1) is 10.1. The number of hydrogen-bond acceptors (Lipinski definition) is 2. The molecule has 0 aromatic heterocycles. The SMILES string of the molecule is CC(C)(C)[Si](C)(C)Oc1ccc(Cl)cc1O[Si](C)(C)C(C)(C)C. The topological polar surface area (TPSA) is 18.5 Å². The number of hydrogen-bond donors (Lipinski definition) is 0. The Bertz CT molecular complexity index is 555. The van der Waals surface area contributed by atoms with Crippen molar-refractivity contribution in [3.05, 3.63) is 23.2 Å². The van der Waals surface area contributed by atoms with E-state index in [2.05, 4.69) is 67.7 Å². The van der Waals surface area contributed by atoms with Crippen molar-refractivity contribution in [1.29, 1.82) is 0 Å². The van der Waals surface area contributed by atoms with Gasteiger partial charge in [-0.2, -0.15) is 0 Å². The molecule has 0 unspecified atom stereocenters. The lowest BCUT2D eigenvalue weighted by Gasteiger charge is -2.39. The first-order valence-electron chi connectivity index (χ1n) is 8.24. The van der Waals surface area contributed by atoms with Gasteiger partial charge in [0.25, 0.3) is 16.6 Å². The molecule has 23 heavy (non-hydrogen) atoms. The van der Waals surface area contributed by atoms with Crippen LogP contribution in [-0.2, 0) is 0 Å². The molecule has 1 rings (SSSR count). The minimum atomic E-state index is -1.94. The summed E-state index contributed by atoms with van der Waals surface area (Å²) in [7, 11) is -3.87. The van der Waals surface area contributed by atoms with Crippen molar-refractivity contribution in [2.24, 2.45) is 0 Å². The van der Waals surface area contributed by atoms with Crippen LogP contribution in [0, 0.1) is 0 Å². The van der Waals surface area contributed by atoms with Gasteiger partial charge in [-0.15, -0.1) is 0 Å². The van der Waals surface area contributed by atoms with E-state index in [0.29, 0.717) is 5.02 Å². The van der Waals surface area contributed by atoms with Gasteiger partial charge in [-0.3, -0.25) is 0 Å². The number of benzene rings is 1. The standard InChI is InChI=1S/C18H33ClO2Si2/c1-17(2,3)22(7,8)20-15-12-11-14(19)13-16(15)21-23(9,10)18(4,5)6/h11-13H,1-10H3. The van der Waals surface area contributed by atoms with Crippen molar-refractivity contribution >= 4 is 28.2 Å². The Morgan fingerprint density at radius 3 is 1.52 bits per heavy atom. The molecule has 0 atom stereocenters. The average molecular weight is 373 g/mol. The van der Waals surface area contributed by atoms with Crippen molar-refractivity contribution in [2.75, 3.05) is 0 Å². The minimum Gasteiger partial charge on any atom is -0.541 e. The third-order valence-corrected chi connectivity index (χ3v) is 14.2. The van der Waals surface area contributed by atoms with E-state index in [0.717, 1.165) is 11.5 Å². The van der Waals surface area contributed by atoms with E-state index in [4.69, 9.17) is 20.5 Å². The van der Waals surface area contributed by atoms with Gasteiger partial charge in [0.1, 0.15) is 11.5 Å².